The molecule has 3 N–H and O–H groups in total. The molecule has 2 atom stereocenters. The first kappa shape index (κ1) is 17.5. The minimum absolute atomic E-state index is 0.145. The van der Waals surface area contributed by atoms with Crippen LogP contribution in [0.1, 0.15) is 48.3 Å². The molecule has 2 saturated carbocycles. The lowest BCUT2D eigenvalue weighted by Gasteiger charge is -2.45. The summed E-state index contributed by atoms with van der Waals surface area (Å²) in [5.74, 6) is 0.808. The third kappa shape index (κ3) is 3.23. The van der Waals surface area contributed by atoms with Gasteiger partial charge in [0.05, 0.1) is 11.4 Å². The van der Waals surface area contributed by atoms with Crippen LogP contribution in [-0.4, -0.2) is 33.0 Å². The molecule has 26 heavy (non-hydrogen) atoms. The molecule has 1 amide bonds. The molecule has 2 fully saturated rings. The fourth-order valence-electron chi connectivity index (χ4n) is 4.64. The first-order valence-electron chi connectivity index (χ1n) is 9.27. The number of rotatable bonds is 3. The third-order valence-corrected chi connectivity index (χ3v) is 6.07. The molecule has 0 radical (unpaired) electrons. The van der Waals surface area contributed by atoms with Crippen molar-refractivity contribution in [1.29, 1.82) is 0 Å². The molecule has 0 aliphatic heterocycles. The van der Waals surface area contributed by atoms with Crippen LogP contribution in [0, 0.1) is 18.8 Å². The second kappa shape index (κ2) is 7.00. The molecule has 0 spiro atoms. The van der Waals surface area contributed by atoms with Crippen LogP contribution in [0.3, 0.4) is 0 Å². The van der Waals surface area contributed by atoms with Gasteiger partial charge in [0.15, 0.2) is 5.69 Å². The number of nitrogens with one attached hydrogen (secondary N) is 1. The maximum atomic E-state index is 12.9. The summed E-state index contributed by atoms with van der Waals surface area (Å²) >= 11 is 6.06. The molecule has 2 unspecified atom stereocenters. The molecular formula is C19H24ClN5O. The van der Waals surface area contributed by atoms with Gasteiger partial charge in [-0.15, -0.1) is 5.10 Å². The van der Waals surface area contributed by atoms with Gasteiger partial charge in [0.25, 0.3) is 5.91 Å². The summed E-state index contributed by atoms with van der Waals surface area (Å²) in [5, 5.41) is 12.1. The largest absolute Gasteiger partial charge is 0.347 e. The molecule has 7 heteroatoms. The Morgan fingerprint density at radius 2 is 2.04 bits per heavy atom. The van der Waals surface area contributed by atoms with E-state index in [0.29, 0.717) is 28.2 Å². The number of benzene rings is 1. The molecule has 2 aliphatic carbocycles. The van der Waals surface area contributed by atoms with Crippen molar-refractivity contribution in [1.82, 2.24) is 20.3 Å². The number of hydrogen-bond donors (Lipinski definition) is 2. The van der Waals surface area contributed by atoms with Crippen molar-refractivity contribution in [3.05, 3.63) is 40.7 Å². The minimum Gasteiger partial charge on any atom is -0.347 e. The predicted octanol–water partition coefficient (Wildman–Crippen LogP) is 2.86. The van der Waals surface area contributed by atoms with Gasteiger partial charge < -0.3 is 11.1 Å². The molecule has 1 heterocycles. The Bertz CT molecular complexity index is 806. The van der Waals surface area contributed by atoms with Gasteiger partial charge in [-0.05, 0) is 62.6 Å². The number of amides is 1. The molecule has 1 aromatic heterocycles. The van der Waals surface area contributed by atoms with Gasteiger partial charge >= 0.3 is 0 Å². The van der Waals surface area contributed by atoms with Gasteiger partial charge in [0.1, 0.15) is 0 Å². The average Bonchev–Trinajstić information content (AvgIpc) is 2.97. The molecule has 2 aliphatic rings. The molecule has 1 aromatic carbocycles. The monoisotopic (exact) mass is 373 g/mol. The van der Waals surface area contributed by atoms with Crippen molar-refractivity contribution >= 4 is 17.5 Å². The highest BCUT2D eigenvalue weighted by atomic mass is 35.5. The van der Waals surface area contributed by atoms with E-state index < -0.39 is 0 Å². The molecule has 4 rings (SSSR count). The summed E-state index contributed by atoms with van der Waals surface area (Å²) in [5.41, 5.74) is 8.06. The average molecular weight is 374 g/mol. The van der Waals surface area contributed by atoms with Gasteiger partial charge in [-0.2, -0.15) is 0 Å². The summed E-state index contributed by atoms with van der Waals surface area (Å²) in [4.78, 5) is 12.9. The second-order valence-corrected chi connectivity index (χ2v) is 8.03. The van der Waals surface area contributed by atoms with E-state index in [9.17, 15) is 4.79 Å². The number of carbonyl (C=O) groups is 1. The van der Waals surface area contributed by atoms with Crippen molar-refractivity contribution in [2.45, 2.75) is 51.1 Å². The lowest BCUT2D eigenvalue weighted by Crippen LogP contribution is -2.53. The zero-order valence-electron chi connectivity index (χ0n) is 14.9. The molecule has 2 bridgehead atoms. The van der Waals surface area contributed by atoms with Crippen molar-refractivity contribution in [2.75, 3.05) is 0 Å². The fraction of sp³-hybridized carbons (Fsp3) is 0.526. The van der Waals surface area contributed by atoms with E-state index in [1.165, 1.54) is 6.42 Å². The lowest BCUT2D eigenvalue weighted by molar-refractivity contribution is 0.0751. The van der Waals surface area contributed by atoms with Crippen molar-refractivity contribution in [3.8, 4) is 5.69 Å². The maximum absolute atomic E-state index is 12.9. The van der Waals surface area contributed by atoms with E-state index in [2.05, 4.69) is 15.6 Å². The van der Waals surface area contributed by atoms with E-state index in [4.69, 9.17) is 17.3 Å². The summed E-state index contributed by atoms with van der Waals surface area (Å²) in [6.07, 6.45) is 5.51. The highest BCUT2D eigenvalue weighted by Crippen LogP contribution is 2.39. The number of carbonyl (C=O) groups excluding carboxylic acids is 1. The van der Waals surface area contributed by atoms with Crippen molar-refractivity contribution in [2.24, 2.45) is 17.6 Å². The summed E-state index contributed by atoms with van der Waals surface area (Å²) in [7, 11) is 0. The molecule has 0 saturated heterocycles. The Balaban J connectivity index is 1.54. The summed E-state index contributed by atoms with van der Waals surface area (Å²) in [6, 6.07) is 7.82. The van der Waals surface area contributed by atoms with Crippen LogP contribution < -0.4 is 11.1 Å². The first-order chi connectivity index (χ1) is 12.5. The number of fused-ring (bicyclic) bond motifs is 2. The van der Waals surface area contributed by atoms with E-state index in [1.54, 1.807) is 16.8 Å². The van der Waals surface area contributed by atoms with Crippen LogP contribution in [0.25, 0.3) is 5.69 Å². The van der Waals surface area contributed by atoms with Crippen LogP contribution in [0.15, 0.2) is 24.3 Å². The summed E-state index contributed by atoms with van der Waals surface area (Å²) < 4.78 is 1.65. The minimum atomic E-state index is -0.145. The number of nitrogens with zero attached hydrogens (tertiary/aromatic N) is 3. The van der Waals surface area contributed by atoms with Crippen LogP contribution in [-0.2, 0) is 0 Å². The fourth-order valence-corrected chi connectivity index (χ4v) is 4.82. The van der Waals surface area contributed by atoms with Crippen LogP contribution in [0.5, 0.6) is 0 Å². The standard InChI is InChI=1S/C19H24ClN5O/c1-11-17(23-24-25(11)16-7-3-6-14(20)10-16)19(26)22-18-12-4-2-5-13(18)9-15(21)8-12/h3,6-7,10,12-13,15,18H,2,4-5,8-9,21H2,1H3,(H,22,26). The molecule has 2 aromatic rings. The number of halogens is 1. The Kier molecular flexibility index (Phi) is 4.71. The van der Waals surface area contributed by atoms with E-state index in [1.807, 2.05) is 19.1 Å². The van der Waals surface area contributed by atoms with E-state index in [-0.39, 0.29) is 18.0 Å². The third-order valence-electron chi connectivity index (χ3n) is 5.84. The normalized spacial score (nSPS) is 28.0. The Labute approximate surface area is 158 Å². The maximum Gasteiger partial charge on any atom is 0.274 e. The SMILES string of the molecule is Cc1c(C(=O)NC2C3CCCC2CC(N)C3)nnn1-c1cccc(Cl)c1. The topological polar surface area (TPSA) is 85.8 Å². The number of aromatic nitrogens is 3. The number of nitrogens with two attached hydrogens (primary N) is 1. The van der Waals surface area contributed by atoms with Gasteiger partial charge in [0.2, 0.25) is 0 Å². The van der Waals surface area contributed by atoms with Gasteiger partial charge in [0, 0.05) is 17.1 Å². The van der Waals surface area contributed by atoms with Crippen LogP contribution in [0.4, 0.5) is 0 Å². The Hall–Kier alpha value is -1.92. The first-order valence-corrected chi connectivity index (χ1v) is 9.65. The quantitative estimate of drug-likeness (QED) is 0.866. The zero-order chi connectivity index (χ0) is 18.3. The molecule has 6 nitrogen and oxygen atoms in total. The Morgan fingerprint density at radius 3 is 2.73 bits per heavy atom. The van der Waals surface area contributed by atoms with Crippen LogP contribution >= 0.6 is 11.6 Å². The second-order valence-electron chi connectivity index (χ2n) is 7.60. The van der Waals surface area contributed by atoms with E-state index in [0.717, 1.165) is 31.4 Å². The van der Waals surface area contributed by atoms with Gasteiger partial charge in [-0.25, -0.2) is 4.68 Å². The Morgan fingerprint density at radius 1 is 1.31 bits per heavy atom. The van der Waals surface area contributed by atoms with Crippen LogP contribution in [0.2, 0.25) is 5.02 Å². The van der Waals surface area contributed by atoms with Crippen molar-refractivity contribution < 1.29 is 4.79 Å². The molecular weight excluding hydrogens is 350 g/mol. The highest BCUT2D eigenvalue weighted by molar-refractivity contribution is 6.30. The van der Waals surface area contributed by atoms with Gasteiger partial charge in [-0.3, -0.25) is 4.79 Å². The van der Waals surface area contributed by atoms with Gasteiger partial charge in [-0.1, -0.05) is 29.3 Å². The number of hydrogen-bond acceptors (Lipinski definition) is 4. The predicted molar refractivity (Wildman–Crippen MR) is 100 cm³/mol. The molecule has 138 valence electrons. The lowest BCUT2D eigenvalue weighted by atomic mass is 9.67. The summed E-state index contributed by atoms with van der Waals surface area (Å²) in [6.45, 7) is 1.85. The highest BCUT2D eigenvalue weighted by Gasteiger charge is 2.40. The zero-order valence-corrected chi connectivity index (χ0v) is 15.6. The smallest absolute Gasteiger partial charge is 0.274 e. The van der Waals surface area contributed by atoms with Crippen molar-refractivity contribution in [3.63, 3.8) is 0 Å². The van der Waals surface area contributed by atoms with E-state index >= 15 is 0 Å².